The van der Waals surface area contributed by atoms with Crippen LogP contribution in [0.5, 0.6) is 5.75 Å². The quantitative estimate of drug-likeness (QED) is 0.669. The van der Waals surface area contributed by atoms with Crippen molar-refractivity contribution in [3.05, 3.63) is 65.2 Å². The summed E-state index contributed by atoms with van der Waals surface area (Å²) in [6, 6.07) is 15.9. The Hall–Kier alpha value is -2.41. The number of hydrogen-bond acceptors (Lipinski definition) is 5. The average molecular weight is 493 g/mol. The van der Waals surface area contributed by atoms with Crippen LogP contribution in [-0.2, 0) is 22.2 Å². The van der Waals surface area contributed by atoms with Crippen molar-refractivity contribution in [3.63, 3.8) is 0 Å². The van der Waals surface area contributed by atoms with E-state index >= 15 is 0 Å². The standard InChI is InChI=1S/C30H40N2O4/c1-4-29-21-28(2,34)30(35,23-8-6-5-7-9-23)19-24(29)11-10-22-18-25(12-13-26(22)29)36-20-27(33)32-16-14-31(3)15-17-32/h5-9,12-13,18,24,34-35H,4,10-11,14-17,19-21H2,1-3H3/t24-,28?,29?,30-/m1/s1. The van der Waals surface area contributed by atoms with Gasteiger partial charge in [0.05, 0.1) is 5.60 Å². The number of fused-ring (bicyclic) bond motifs is 3. The number of nitrogens with zero attached hydrogens (tertiary/aromatic N) is 2. The fourth-order valence-corrected chi connectivity index (χ4v) is 7.09. The summed E-state index contributed by atoms with van der Waals surface area (Å²) in [7, 11) is 2.08. The number of aryl methyl sites for hydroxylation is 1. The zero-order valence-corrected chi connectivity index (χ0v) is 21.9. The van der Waals surface area contributed by atoms with Crippen LogP contribution < -0.4 is 4.74 Å². The van der Waals surface area contributed by atoms with Gasteiger partial charge >= 0.3 is 0 Å². The molecule has 3 aliphatic rings. The minimum absolute atomic E-state index is 0.0365. The lowest BCUT2D eigenvalue weighted by molar-refractivity contribution is -0.205. The zero-order chi connectivity index (χ0) is 25.6. The minimum atomic E-state index is -1.28. The number of likely N-dealkylation sites (N-methyl/N-ethyl adjacent to an activating group) is 1. The number of ether oxygens (including phenoxy) is 1. The summed E-state index contributed by atoms with van der Waals surface area (Å²) in [6.45, 7) is 7.34. The van der Waals surface area contributed by atoms with Crippen LogP contribution in [0.3, 0.4) is 0 Å². The lowest BCUT2D eigenvalue weighted by Gasteiger charge is -2.59. The molecule has 2 aromatic carbocycles. The van der Waals surface area contributed by atoms with Crippen molar-refractivity contribution in [1.82, 2.24) is 9.80 Å². The van der Waals surface area contributed by atoms with E-state index in [0.29, 0.717) is 12.8 Å². The molecule has 6 heteroatoms. The molecule has 1 saturated carbocycles. The molecule has 0 bridgehead atoms. The van der Waals surface area contributed by atoms with Crippen molar-refractivity contribution in [2.45, 2.75) is 62.6 Å². The number of aliphatic hydroxyl groups is 2. The molecule has 1 saturated heterocycles. The molecule has 194 valence electrons. The third kappa shape index (κ3) is 4.23. The second-order valence-electron chi connectivity index (χ2n) is 11.4. The monoisotopic (exact) mass is 492 g/mol. The highest BCUT2D eigenvalue weighted by molar-refractivity contribution is 5.78. The van der Waals surface area contributed by atoms with Gasteiger partial charge in [0.2, 0.25) is 0 Å². The molecule has 4 atom stereocenters. The van der Waals surface area contributed by atoms with Crippen molar-refractivity contribution >= 4 is 5.91 Å². The Morgan fingerprint density at radius 1 is 1.08 bits per heavy atom. The first-order valence-electron chi connectivity index (χ1n) is 13.4. The third-order valence-electron chi connectivity index (χ3n) is 9.35. The largest absolute Gasteiger partial charge is 0.484 e. The number of hydrogen-bond donors (Lipinski definition) is 2. The van der Waals surface area contributed by atoms with E-state index in [4.69, 9.17) is 4.74 Å². The van der Waals surface area contributed by atoms with Crippen LogP contribution in [-0.4, -0.2) is 71.4 Å². The molecule has 6 nitrogen and oxygen atoms in total. The number of carbonyl (C=O) groups is 1. The van der Waals surface area contributed by atoms with Crippen molar-refractivity contribution in [3.8, 4) is 5.75 Å². The number of rotatable bonds is 5. The fourth-order valence-electron chi connectivity index (χ4n) is 7.09. The fraction of sp³-hybridized carbons (Fsp3) is 0.567. The van der Waals surface area contributed by atoms with Crippen LogP contribution in [0.15, 0.2) is 48.5 Å². The van der Waals surface area contributed by atoms with Crippen LogP contribution in [0.4, 0.5) is 0 Å². The molecule has 2 aromatic rings. The Kier molecular flexibility index (Phi) is 6.64. The van der Waals surface area contributed by atoms with E-state index in [-0.39, 0.29) is 23.8 Å². The Morgan fingerprint density at radius 3 is 2.50 bits per heavy atom. The van der Waals surface area contributed by atoms with Gasteiger partial charge in [-0.25, -0.2) is 0 Å². The topological polar surface area (TPSA) is 73.2 Å². The summed E-state index contributed by atoms with van der Waals surface area (Å²) in [5, 5.41) is 23.6. The molecule has 36 heavy (non-hydrogen) atoms. The van der Waals surface area contributed by atoms with Crippen molar-refractivity contribution in [1.29, 1.82) is 0 Å². The lowest BCUT2D eigenvalue weighted by atomic mass is 9.49. The molecule has 2 aliphatic carbocycles. The van der Waals surface area contributed by atoms with E-state index in [9.17, 15) is 15.0 Å². The second kappa shape index (κ2) is 9.47. The maximum absolute atomic E-state index is 12.6. The van der Waals surface area contributed by atoms with Crippen LogP contribution in [0.25, 0.3) is 0 Å². The van der Waals surface area contributed by atoms with Gasteiger partial charge in [-0.2, -0.15) is 0 Å². The van der Waals surface area contributed by atoms with Gasteiger partial charge in [0.15, 0.2) is 6.61 Å². The normalized spacial score (nSPS) is 32.5. The molecule has 5 rings (SSSR count). The smallest absolute Gasteiger partial charge is 0.260 e. The molecule has 0 radical (unpaired) electrons. The molecule has 0 aromatic heterocycles. The first-order valence-corrected chi connectivity index (χ1v) is 13.4. The van der Waals surface area contributed by atoms with Crippen molar-refractivity contribution in [2.24, 2.45) is 5.92 Å². The summed E-state index contributed by atoms with van der Waals surface area (Å²) in [5.74, 6) is 1.03. The molecule has 2 N–H and O–H groups in total. The molecular formula is C30H40N2O4. The number of carbonyl (C=O) groups excluding carboxylic acids is 1. The highest BCUT2D eigenvalue weighted by atomic mass is 16.5. The molecule has 1 heterocycles. The van der Waals surface area contributed by atoms with Gasteiger partial charge in [-0.1, -0.05) is 43.3 Å². The van der Waals surface area contributed by atoms with Crippen LogP contribution in [0.1, 0.15) is 56.2 Å². The van der Waals surface area contributed by atoms with Crippen LogP contribution in [0, 0.1) is 5.92 Å². The average Bonchev–Trinajstić information content (AvgIpc) is 2.88. The van der Waals surface area contributed by atoms with Gasteiger partial charge < -0.3 is 24.7 Å². The lowest BCUT2D eigenvalue weighted by Crippen LogP contribution is -2.62. The van der Waals surface area contributed by atoms with Crippen molar-refractivity contribution < 1.29 is 19.7 Å². The maximum Gasteiger partial charge on any atom is 0.260 e. The van der Waals surface area contributed by atoms with Gasteiger partial charge in [0.25, 0.3) is 5.91 Å². The maximum atomic E-state index is 12.6. The molecule has 1 aliphatic heterocycles. The first kappa shape index (κ1) is 25.2. The minimum Gasteiger partial charge on any atom is -0.484 e. The van der Waals surface area contributed by atoms with E-state index in [0.717, 1.165) is 56.8 Å². The molecule has 0 spiro atoms. The highest BCUT2D eigenvalue weighted by Gasteiger charge is 2.60. The van der Waals surface area contributed by atoms with E-state index in [2.05, 4.69) is 31.0 Å². The Balaban J connectivity index is 1.36. The van der Waals surface area contributed by atoms with Gasteiger partial charge in [0.1, 0.15) is 11.4 Å². The summed E-state index contributed by atoms with van der Waals surface area (Å²) in [6.07, 6.45) is 3.79. The Morgan fingerprint density at radius 2 is 1.81 bits per heavy atom. The number of piperazine rings is 1. The number of benzene rings is 2. The van der Waals surface area contributed by atoms with Gasteiger partial charge in [-0.05, 0) is 80.8 Å². The SMILES string of the molecule is CCC12CC(C)(O)[C@](O)(c3ccccc3)C[C@H]1CCc1cc(OCC(=O)N3CCN(C)CC3)ccc12. The Labute approximate surface area is 214 Å². The summed E-state index contributed by atoms with van der Waals surface area (Å²) in [5.41, 5.74) is 0.542. The zero-order valence-electron chi connectivity index (χ0n) is 21.9. The third-order valence-corrected chi connectivity index (χ3v) is 9.35. The van der Waals surface area contributed by atoms with Crippen LogP contribution in [0.2, 0.25) is 0 Å². The first-order chi connectivity index (χ1) is 17.2. The molecule has 2 fully saturated rings. The van der Waals surface area contributed by atoms with E-state index in [1.165, 1.54) is 11.1 Å². The molecule has 2 unspecified atom stereocenters. The number of amides is 1. The Bertz CT molecular complexity index is 1100. The van der Waals surface area contributed by atoms with Gasteiger partial charge in [0, 0.05) is 31.6 Å². The van der Waals surface area contributed by atoms with Gasteiger partial charge in [-0.15, -0.1) is 0 Å². The highest BCUT2D eigenvalue weighted by Crippen LogP contribution is 2.60. The van der Waals surface area contributed by atoms with Gasteiger partial charge in [-0.3, -0.25) is 4.79 Å². The van der Waals surface area contributed by atoms with E-state index in [1.807, 2.05) is 41.3 Å². The summed E-state index contributed by atoms with van der Waals surface area (Å²) in [4.78, 5) is 16.7. The predicted molar refractivity (Wildman–Crippen MR) is 140 cm³/mol. The van der Waals surface area contributed by atoms with Crippen LogP contribution >= 0.6 is 0 Å². The van der Waals surface area contributed by atoms with Crippen molar-refractivity contribution in [2.75, 3.05) is 39.8 Å². The molecular weight excluding hydrogens is 452 g/mol. The second-order valence-corrected chi connectivity index (χ2v) is 11.4. The van der Waals surface area contributed by atoms with E-state index in [1.54, 1.807) is 6.92 Å². The summed E-state index contributed by atoms with van der Waals surface area (Å²) >= 11 is 0. The molecule has 1 amide bonds. The summed E-state index contributed by atoms with van der Waals surface area (Å²) < 4.78 is 5.95. The van der Waals surface area contributed by atoms with E-state index < -0.39 is 11.2 Å². The predicted octanol–water partition coefficient (Wildman–Crippen LogP) is 3.48.